The van der Waals surface area contributed by atoms with E-state index in [4.69, 9.17) is 4.42 Å². The predicted octanol–water partition coefficient (Wildman–Crippen LogP) is 4.48. The van der Waals surface area contributed by atoms with Gasteiger partial charge in [0.15, 0.2) is 0 Å². The third kappa shape index (κ3) is 4.17. The molecule has 5 nitrogen and oxygen atoms in total. The van der Waals surface area contributed by atoms with Crippen molar-refractivity contribution in [2.45, 2.75) is 6.54 Å². The third-order valence-electron chi connectivity index (χ3n) is 5.63. The zero-order valence-electron chi connectivity index (χ0n) is 17.0. The molecule has 156 valence electrons. The fraction of sp³-hybridized carbons (Fsp3) is 0.200. The van der Waals surface area contributed by atoms with Crippen molar-refractivity contribution in [1.29, 1.82) is 0 Å². The molecule has 1 aliphatic heterocycles. The maximum absolute atomic E-state index is 12.9. The van der Waals surface area contributed by atoms with Crippen LogP contribution in [0.4, 0.5) is 0 Å². The topological polar surface area (TPSA) is 53.8 Å². The average molecular weight is 431 g/mol. The van der Waals surface area contributed by atoms with Crippen molar-refractivity contribution in [3.63, 3.8) is 0 Å². The molecule has 2 aromatic heterocycles. The molecule has 6 heteroatoms. The molecule has 1 fully saturated rings. The first kappa shape index (κ1) is 19.7. The second-order valence-corrected chi connectivity index (χ2v) is 8.85. The Kier molecular flexibility index (Phi) is 5.40. The van der Waals surface area contributed by atoms with E-state index in [2.05, 4.69) is 41.3 Å². The quantitative estimate of drug-likeness (QED) is 0.448. The summed E-state index contributed by atoms with van der Waals surface area (Å²) < 4.78 is 5.33. The first-order chi connectivity index (χ1) is 15.2. The molecule has 0 aliphatic carbocycles. The Labute approximate surface area is 184 Å². The summed E-state index contributed by atoms with van der Waals surface area (Å²) in [6.07, 6.45) is 0. The molecule has 4 aromatic rings. The number of thiophene rings is 1. The van der Waals surface area contributed by atoms with Crippen LogP contribution in [-0.4, -0.2) is 41.9 Å². The van der Waals surface area contributed by atoms with Crippen molar-refractivity contribution < 1.29 is 9.21 Å². The van der Waals surface area contributed by atoms with Gasteiger partial charge in [-0.2, -0.15) is 0 Å². The Morgan fingerprint density at radius 1 is 0.903 bits per heavy atom. The first-order valence-electron chi connectivity index (χ1n) is 10.4. The third-order valence-corrected chi connectivity index (χ3v) is 6.75. The number of hydrogen-bond donors (Lipinski definition) is 0. The smallest absolute Gasteiger partial charge is 0.349 e. The van der Waals surface area contributed by atoms with Gasteiger partial charge in [0.05, 0.1) is 0 Å². The predicted molar refractivity (Wildman–Crippen MR) is 123 cm³/mol. The van der Waals surface area contributed by atoms with Gasteiger partial charge in [-0.3, -0.25) is 9.69 Å². The van der Waals surface area contributed by atoms with Crippen molar-refractivity contribution >= 4 is 28.2 Å². The standard InChI is InChI=1S/C25H22N2O3S/c28-24(21-16-19-8-4-5-9-22(19)30-25(21)29)27-14-12-26(13-15-27)17-20-10-11-23(31-20)18-6-2-1-3-7-18/h1-11,16H,12-15,17H2. The van der Waals surface area contributed by atoms with Gasteiger partial charge in [0.1, 0.15) is 11.1 Å². The van der Waals surface area contributed by atoms with Crippen LogP contribution in [0.1, 0.15) is 15.2 Å². The van der Waals surface area contributed by atoms with Gasteiger partial charge in [0.25, 0.3) is 5.91 Å². The second-order valence-electron chi connectivity index (χ2n) is 7.69. The van der Waals surface area contributed by atoms with Gasteiger partial charge in [0, 0.05) is 47.9 Å². The van der Waals surface area contributed by atoms with Crippen molar-refractivity contribution in [3.8, 4) is 10.4 Å². The van der Waals surface area contributed by atoms with Gasteiger partial charge in [-0.05, 0) is 29.8 Å². The Hall–Kier alpha value is -3.22. The summed E-state index contributed by atoms with van der Waals surface area (Å²) in [7, 11) is 0. The summed E-state index contributed by atoms with van der Waals surface area (Å²) in [5.74, 6) is -0.248. The van der Waals surface area contributed by atoms with E-state index in [9.17, 15) is 9.59 Å². The normalized spacial score (nSPS) is 14.8. The fourth-order valence-corrected chi connectivity index (χ4v) is 4.99. The lowest BCUT2D eigenvalue weighted by Crippen LogP contribution is -2.48. The van der Waals surface area contributed by atoms with Gasteiger partial charge in [0.2, 0.25) is 0 Å². The molecule has 0 N–H and O–H groups in total. The van der Waals surface area contributed by atoms with Crippen LogP contribution >= 0.6 is 11.3 Å². The van der Waals surface area contributed by atoms with E-state index in [0.29, 0.717) is 18.7 Å². The molecule has 1 saturated heterocycles. The van der Waals surface area contributed by atoms with Crippen LogP contribution in [0.25, 0.3) is 21.4 Å². The van der Waals surface area contributed by atoms with Crippen molar-refractivity contribution in [2.24, 2.45) is 0 Å². The number of piperazine rings is 1. The number of hydrogen-bond acceptors (Lipinski definition) is 5. The molecular formula is C25H22N2O3S. The van der Waals surface area contributed by atoms with E-state index < -0.39 is 5.63 Å². The highest BCUT2D eigenvalue weighted by molar-refractivity contribution is 7.15. The number of carbonyl (C=O) groups excluding carboxylic acids is 1. The summed E-state index contributed by atoms with van der Waals surface area (Å²) in [6.45, 7) is 3.63. The highest BCUT2D eigenvalue weighted by Gasteiger charge is 2.25. The molecule has 0 saturated carbocycles. The zero-order chi connectivity index (χ0) is 21.2. The SMILES string of the molecule is O=C(c1cc2ccccc2oc1=O)N1CCN(Cc2ccc(-c3ccccc3)s2)CC1. The maximum Gasteiger partial charge on any atom is 0.349 e. The van der Waals surface area contributed by atoms with Crippen molar-refractivity contribution in [3.05, 3.63) is 93.7 Å². The molecule has 5 rings (SSSR count). The van der Waals surface area contributed by atoms with Gasteiger partial charge in [-0.15, -0.1) is 11.3 Å². The van der Waals surface area contributed by atoms with Crippen LogP contribution < -0.4 is 5.63 Å². The van der Waals surface area contributed by atoms with Gasteiger partial charge < -0.3 is 9.32 Å². The van der Waals surface area contributed by atoms with Crippen LogP contribution in [0.15, 0.2) is 82.0 Å². The minimum absolute atomic E-state index is 0.109. The van der Waals surface area contributed by atoms with E-state index in [0.717, 1.165) is 25.0 Å². The molecule has 0 radical (unpaired) electrons. The average Bonchev–Trinajstić information content (AvgIpc) is 3.28. The van der Waals surface area contributed by atoms with Crippen LogP contribution in [-0.2, 0) is 6.54 Å². The molecule has 2 aromatic carbocycles. The number of para-hydroxylation sites is 1. The molecule has 1 amide bonds. The lowest BCUT2D eigenvalue weighted by atomic mass is 10.1. The van der Waals surface area contributed by atoms with Crippen LogP contribution in [0, 0.1) is 0 Å². The van der Waals surface area contributed by atoms with Gasteiger partial charge in [-0.25, -0.2) is 4.79 Å². The van der Waals surface area contributed by atoms with Crippen LogP contribution in [0.2, 0.25) is 0 Å². The minimum Gasteiger partial charge on any atom is -0.422 e. The summed E-state index contributed by atoms with van der Waals surface area (Å²) in [4.78, 5) is 31.9. The van der Waals surface area contributed by atoms with Crippen LogP contribution in [0.5, 0.6) is 0 Å². The maximum atomic E-state index is 12.9. The van der Waals surface area contributed by atoms with E-state index in [1.165, 1.54) is 15.3 Å². The second kappa shape index (κ2) is 8.49. The first-order valence-corrected chi connectivity index (χ1v) is 11.2. The summed E-state index contributed by atoms with van der Waals surface area (Å²) in [6, 6.07) is 23.7. The molecule has 0 spiro atoms. The van der Waals surface area contributed by atoms with Crippen LogP contribution in [0.3, 0.4) is 0 Å². The lowest BCUT2D eigenvalue weighted by molar-refractivity contribution is 0.0625. The lowest BCUT2D eigenvalue weighted by Gasteiger charge is -2.34. The van der Waals surface area contributed by atoms with E-state index in [1.54, 1.807) is 17.0 Å². The molecule has 0 atom stereocenters. The van der Waals surface area contributed by atoms with E-state index >= 15 is 0 Å². The Morgan fingerprint density at radius 3 is 2.45 bits per heavy atom. The molecule has 1 aliphatic rings. The number of amides is 1. The summed E-state index contributed by atoms with van der Waals surface area (Å²) in [5.41, 5.74) is 1.28. The molecular weight excluding hydrogens is 408 g/mol. The Bertz CT molecular complexity index is 1270. The minimum atomic E-state index is -0.571. The monoisotopic (exact) mass is 430 g/mol. The van der Waals surface area contributed by atoms with E-state index in [-0.39, 0.29) is 11.5 Å². The Morgan fingerprint density at radius 2 is 1.65 bits per heavy atom. The molecule has 3 heterocycles. The summed E-state index contributed by atoms with van der Waals surface area (Å²) >= 11 is 1.81. The number of fused-ring (bicyclic) bond motifs is 1. The van der Waals surface area contributed by atoms with Gasteiger partial charge in [-0.1, -0.05) is 48.5 Å². The molecule has 0 unspecified atom stereocenters. The molecule has 31 heavy (non-hydrogen) atoms. The number of carbonyl (C=O) groups is 1. The van der Waals surface area contributed by atoms with Gasteiger partial charge >= 0.3 is 5.63 Å². The number of nitrogens with zero attached hydrogens (tertiary/aromatic N) is 2. The van der Waals surface area contributed by atoms with Crippen molar-refractivity contribution in [1.82, 2.24) is 9.80 Å². The fourth-order valence-electron chi connectivity index (χ4n) is 3.93. The zero-order valence-corrected chi connectivity index (χ0v) is 17.8. The highest BCUT2D eigenvalue weighted by atomic mass is 32.1. The summed E-state index contributed by atoms with van der Waals surface area (Å²) in [5, 5.41) is 0.760. The van der Waals surface area contributed by atoms with E-state index in [1.807, 2.05) is 35.6 Å². The Balaban J connectivity index is 1.23. The highest BCUT2D eigenvalue weighted by Crippen LogP contribution is 2.28. The van der Waals surface area contributed by atoms with Crippen molar-refractivity contribution in [2.75, 3.05) is 26.2 Å². The largest absolute Gasteiger partial charge is 0.422 e. The number of rotatable bonds is 4. The number of benzene rings is 2. The molecule has 0 bridgehead atoms.